The first kappa shape index (κ1) is 15.4. The maximum Gasteiger partial charge on any atom is 0.170 e. The quantitative estimate of drug-likeness (QED) is 0.694. The molecule has 0 aromatic heterocycles. The fourth-order valence-corrected chi connectivity index (χ4v) is 2.69. The molecule has 0 spiro atoms. The predicted octanol–water partition coefficient (Wildman–Crippen LogP) is 5.15. The average molecular weight is 284 g/mol. The van der Waals surface area contributed by atoms with Crippen LogP contribution in [0.1, 0.15) is 47.7 Å². The topological polar surface area (TPSA) is 17.1 Å². The monoisotopic (exact) mass is 284 g/mol. The summed E-state index contributed by atoms with van der Waals surface area (Å²) in [5, 5.41) is 0. The van der Waals surface area contributed by atoms with Crippen LogP contribution in [0.3, 0.4) is 0 Å². The molecule has 0 fully saturated rings. The second kappa shape index (κ2) is 6.66. The van der Waals surface area contributed by atoms with Crippen molar-refractivity contribution in [3.05, 3.63) is 71.0 Å². The zero-order valence-electron chi connectivity index (χ0n) is 12.8. The third-order valence-electron chi connectivity index (χ3n) is 3.98. The minimum absolute atomic E-state index is 0.00171. The van der Waals surface area contributed by atoms with Gasteiger partial charge in [-0.15, -0.1) is 0 Å². The summed E-state index contributed by atoms with van der Waals surface area (Å²) in [6, 6.07) is 14.3. The summed E-state index contributed by atoms with van der Waals surface area (Å²) in [6.07, 6.45) is 0.902. The molecule has 1 nitrogen and oxygen atoms in total. The summed E-state index contributed by atoms with van der Waals surface area (Å²) in [6.45, 7) is 5.95. The van der Waals surface area contributed by atoms with Crippen LogP contribution in [0.2, 0.25) is 0 Å². The van der Waals surface area contributed by atoms with E-state index in [0.717, 1.165) is 17.5 Å². The van der Waals surface area contributed by atoms with Crippen molar-refractivity contribution in [1.29, 1.82) is 0 Å². The predicted molar refractivity (Wildman–Crippen MR) is 84.1 cm³/mol. The highest BCUT2D eigenvalue weighted by Crippen LogP contribution is 2.31. The van der Waals surface area contributed by atoms with E-state index in [1.807, 2.05) is 30.3 Å². The van der Waals surface area contributed by atoms with E-state index in [2.05, 4.69) is 13.8 Å². The summed E-state index contributed by atoms with van der Waals surface area (Å²) in [7, 11) is 0. The van der Waals surface area contributed by atoms with Gasteiger partial charge in [0.25, 0.3) is 0 Å². The lowest BCUT2D eigenvalue weighted by atomic mass is 9.80. The van der Waals surface area contributed by atoms with Crippen LogP contribution in [0.25, 0.3) is 0 Å². The molecular formula is C19H21FO. The molecule has 0 aliphatic carbocycles. The first-order chi connectivity index (χ1) is 10.0. The Labute approximate surface area is 125 Å². The Morgan fingerprint density at radius 1 is 1.14 bits per heavy atom. The van der Waals surface area contributed by atoms with Gasteiger partial charge in [0.2, 0.25) is 0 Å². The molecule has 0 N–H and O–H groups in total. The van der Waals surface area contributed by atoms with Gasteiger partial charge in [0.05, 0.1) is 0 Å². The highest BCUT2D eigenvalue weighted by molar-refractivity contribution is 6.01. The maximum atomic E-state index is 13.6. The van der Waals surface area contributed by atoms with Gasteiger partial charge in [0.15, 0.2) is 5.78 Å². The van der Waals surface area contributed by atoms with E-state index in [1.165, 1.54) is 12.1 Å². The highest BCUT2D eigenvalue weighted by atomic mass is 19.1. The Bertz CT molecular complexity index is 598. The summed E-state index contributed by atoms with van der Waals surface area (Å²) in [5.74, 6) is -0.367. The first-order valence-electron chi connectivity index (χ1n) is 7.39. The van der Waals surface area contributed by atoms with E-state index in [0.29, 0.717) is 5.56 Å². The lowest BCUT2D eigenvalue weighted by molar-refractivity contribution is 0.0931. The van der Waals surface area contributed by atoms with Crippen LogP contribution in [0.5, 0.6) is 0 Å². The van der Waals surface area contributed by atoms with Crippen LogP contribution in [0.4, 0.5) is 4.39 Å². The molecule has 0 saturated heterocycles. The molecule has 2 heteroatoms. The molecule has 110 valence electrons. The third-order valence-corrected chi connectivity index (χ3v) is 3.98. The number of benzene rings is 2. The molecule has 0 aliphatic heterocycles. The Morgan fingerprint density at radius 3 is 2.38 bits per heavy atom. The number of ketones is 1. The molecule has 21 heavy (non-hydrogen) atoms. The lowest BCUT2D eigenvalue weighted by Gasteiger charge is -2.22. The van der Waals surface area contributed by atoms with E-state index < -0.39 is 0 Å². The van der Waals surface area contributed by atoms with Crippen molar-refractivity contribution in [2.45, 2.75) is 33.1 Å². The van der Waals surface area contributed by atoms with Gasteiger partial charge in [-0.25, -0.2) is 4.39 Å². The molecule has 2 aromatic rings. The van der Waals surface area contributed by atoms with Gasteiger partial charge >= 0.3 is 0 Å². The summed E-state index contributed by atoms with van der Waals surface area (Å²) in [5.41, 5.74) is 2.23. The van der Waals surface area contributed by atoms with Gasteiger partial charge < -0.3 is 0 Å². The number of hydrogen-bond acceptors (Lipinski definition) is 1. The summed E-state index contributed by atoms with van der Waals surface area (Å²) in [4.78, 5) is 12.9. The van der Waals surface area contributed by atoms with E-state index >= 15 is 0 Å². The minimum atomic E-state index is -0.352. The Morgan fingerprint density at radius 2 is 1.81 bits per heavy atom. The van der Waals surface area contributed by atoms with Gasteiger partial charge in [-0.05, 0) is 42.2 Å². The number of rotatable bonds is 5. The van der Waals surface area contributed by atoms with Gasteiger partial charge in [-0.2, -0.15) is 0 Å². The molecule has 2 aromatic carbocycles. The number of carbonyl (C=O) groups is 1. The van der Waals surface area contributed by atoms with E-state index in [1.54, 1.807) is 13.0 Å². The average Bonchev–Trinajstić information content (AvgIpc) is 2.47. The molecule has 0 aliphatic rings. The van der Waals surface area contributed by atoms with Crippen molar-refractivity contribution < 1.29 is 9.18 Å². The molecule has 2 unspecified atom stereocenters. The van der Waals surface area contributed by atoms with E-state index in [4.69, 9.17) is 0 Å². The van der Waals surface area contributed by atoms with Crippen LogP contribution < -0.4 is 0 Å². The van der Waals surface area contributed by atoms with E-state index in [-0.39, 0.29) is 23.4 Å². The smallest absolute Gasteiger partial charge is 0.170 e. The number of halogens is 1. The van der Waals surface area contributed by atoms with Crippen molar-refractivity contribution in [3.63, 3.8) is 0 Å². The standard InChI is InChI=1S/C19H21FO/c1-4-14(3)18(15-8-6-5-7-9-15)19(21)16-10-13(2)11-17(20)12-16/h5-12,14,18H,4H2,1-3H3. The summed E-state index contributed by atoms with van der Waals surface area (Å²) >= 11 is 0. The van der Waals surface area contributed by atoms with Gasteiger partial charge in [-0.3, -0.25) is 4.79 Å². The third kappa shape index (κ3) is 3.57. The van der Waals surface area contributed by atoms with E-state index in [9.17, 15) is 9.18 Å². The molecular weight excluding hydrogens is 263 g/mol. The highest BCUT2D eigenvalue weighted by Gasteiger charge is 2.27. The van der Waals surface area contributed by atoms with Crippen molar-refractivity contribution in [2.75, 3.05) is 0 Å². The second-order valence-electron chi connectivity index (χ2n) is 5.66. The molecule has 0 amide bonds. The van der Waals surface area contributed by atoms with Crippen molar-refractivity contribution in [1.82, 2.24) is 0 Å². The maximum absolute atomic E-state index is 13.6. The molecule has 2 atom stereocenters. The minimum Gasteiger partial charge on any atom is -0.293 e. The Balaban J connectivity index is 2.43. The van der Waals surface area contributed by atoms with Crippen molar-refractivity contribution in [2.24, 2.45) is 5.92 Å². The van der Waals surface area contributed by atoms with Gasteiger partial charge in [0, 0.05) is 11.5 Å². The van der Waals surface area contributed by atoms with Crippen molar-refractivity contribution in [3.8, 4) is 0 Å². The lowest BCUT2D eigenvalue weighted by Crippen LogP contribution is -2.20. The largest absolute Gasteiger partial charge is 0.293 e. The van der Waals surface area contributed by atoms with Crippen LogP contribution in [-0.2, 0) is 0 Å². The molecule has 2 rings (SSSR count). The normalized spacial score (nSPS) is 13.7. The Kier molecular flexibility index (Phi) is 4.89. The molecule has 0 heterocycles. The second-order valence-corrected chi connectivity index (χ2v) is 5.66. The number of aryl methyl sites for hydroxylation is 1. The molecule has 0 saturated carbocycles. The van der Waals surface area contributed by atoms with Crippen LogP contribution in [0.15, 0.2) is 48.5 Å². The zero-order valence-corrected chi connectivity index (χ0v) is 12.8. The SMILES string of the molecule is CCC(C)C(C(=O)c1cc(C)cc(F)c1)c1ccccc1. The zero-order chi connectivity index (χ0) is 15.4. The number of Topliss-reactive ketones (excluding diaryl/α,β-unsaturated/α-hetero) is 1. The first-order valence-corrected chi connectivity index (χ1v) is 7.39. The van der Waals surface area contributed by atoms with Crippen LogP contribution >= 0.6 is 0 Å². The fraction of sp³-hybridized carbons (Fsp3) is 0.316. The molecule has 0 radical (unpaired) electrons. The number of hydrogen-bond donors (Lipinski definition) is 0. The van der Waals surface area contributed by atoms with Crippen LogP contribution in [-0.4, -0.2) is 5.78 Å². The fourth-order valence-electron chi connectivity index (χ4n) is 2.69. The van der Waals surface area contributed by atoms with Crippen LogP contribution in [0, 0.1) is 18.7 Å². The molecule has 0 bridgehead atoms. The van der Waals surface area contributed by atoms with Gasteiger partial charge in [0.1, 0.15) is 5.82 Å². The van der Waals surface area contributed by atoms with Gasteiger partial charge in [-0.1, -0.05) is 50.6 Å². The number of carbonyl (C=O) groups excluding carboxylic acids is 1. The van der Waals surface area contributed by atoms with Crippen molar-refractivity contribution >= 4 is 5.78 Å². The Hall–Kier alpha value is -1.96. The summed E-state index contributed by atoms with van der Waals surface area (Å²) < 4.78 is 13.6.